The third-order valence-electron chi connectivity index (χ3n) is 2.52. The van der Waals surface area contributed by atoms with E-state index in [4.69, 9.17) is 14.3 Å². The largest absolute Gasteiger partial charge is 0.500 e. The van der Waals surface area contributed by atoms with Gasteiger partial charge in [0, 0.05) is 25.7 Å². The summed E-state index contributed by atoms with van der Waals surface area (Å²) >= 11 is 0. The molecule has 2 rings (SSSR count). The van der Waals surface area contributed by atoms with Crippen LogP contribution in [0.1, 0.15) is 19.3 Å². The first-order chi connectivity index (χ1) is 7.36. The molecule has 0 amide bonds. The Balaban J connectivity index is 1.70. The molecule has 1 saturated heterocycles. The summed E-state index contributed by atoms with van der Waals surface area (Å²) < 4.78 is 10.2. The lowest BCUT2D eigenvalue weighted by Crippen LogP contribution is -2.36. The number of carbonyl (C=O) groups excluding carboxylic acids is 1. The van der Waals surface area contributed by atoms with Crippen molar-refractivity contribution in [1.82, 2.24) is 5.48 Å². The molecule has 1 N–H and O–H groups in total. The summed E-state index contributed by atoms with van der Waals surface area (Å²) in [6, 6.07) is 0.214. The molecule has 2 aliphatic heterocycles. The van der Waals surface area contributed by atoms with E-state index in [1.54, 1.807) is 0 Å². The maximum Gasteiger partial charge on any atom is 0.355 e. The molecule has 5 heteroatoms. The molecule has 1 fully saturated rings. The second-order valence-electron chi connectivity index (χ2n) is 3.66. The third-order valence-corrected chi connectivity index (χ3v) is 2.52. The summed E-state index contributed by atoms with van der Waals surface area (Å²) in [6.07, 6.45) is 3.86. The summed E-state index contributed by atoms with van der Waals surface area (Å²) in [4.78, 5) is 16.4. The van der Waals surface area contributed by atoms with E-state index < -0.39 is 0 Å². The first-order valence-electron chi connectivity index (χ1n) is 5.21. The Kier molecular flexibility index (Phi) is 3.58. The van der Waals surface area contributed by atoms with Crippen molar-refractivity contribution in [2.24, 2.45) is 0 Å². The van der Waals surface area contributed by atoms with Gasteiger partial charge < -0.3 is 14.3 Å². The standard InChI is InChI=1S/C10H15NO4/c12-10(8-1-4-14-7-8)15-11-9-2-5-13-6-3-9/h7,9,11H,1-6H2. The molecule has 0 unspecified atom stereocenters. The molecule has 0 spiro atoms. The van der Waals surface area contributed by atoms with Crippen LogP contribution in [-0.2, 0) is 19.1 Å². The number of hydrogen-bond acceptors (Lipinski definition) is 5. The van der Waals surface area contributed by atoms with E-state index >= 15 is 0 Å². The van der Waals surface area contributed by atoms with E-state index in [2.05, 4.69) is 5.48 Å². The molecule has 0 aromatic carbocycles. The van der Waals surface area contributed by atoms with Crippen molar-refractivity contribution in [2.75, 3.05) is 19.8 Å². The molecule has 0 aromatic rings. The molecular weight excluding hydrogens is 198 g/mol. The van der Waals surface area contributed by atoms with Crippen molar-refractivity contribution in [3.8, 4) is 0 Å². The Morgan fingerprint density at radius 2 is 2.20 bits per heavy atom. The number of ether oxygens (including phenoxy) is 2. The Bertz CT molecular complexity index is 258. The Morgan fingerprint density at radius 1 is 1.40 bits per heavy atom. The highest BCUT2D eigenvalue weighted by atomic mass is 16.7. The van der Waals surface area contributed by atoms with E-state index in [0.717, 1.165) is 26.1 Å². The number of hydroxylamine groups is 1. The van der Waals surface area contributed by atoms with Crippen LogP contribution in [0.3, 0.4) is 0 Å². The van der Waals surface area contributed by atoms with Crippen molar-refractivity contribution < 1.29 is 19.1 Å². The van der Waals surface area contributed by atoms with Gasteiger partial charge in [0.2, 0.25) is 0 Å². The Labute approximate surface area is 88.3 Å². The van der Waals surface area contributed by atoms with E-state index in [1.807, 2.05) is 0 Å². The van der Waals surface area contributed by atoms with E-state index in [9.17, 15) is 4.79 Å². The molecule has 2 aliphatic rings. The van der Waals surface area contributed by atoms with Gasteiger partial charge in [0.1, 0.15) is 0 Å². The molecule has 0 aromatic heterocycles. The SMILES string of the molecule is O=C(ONC1CCOCC1)C1=COCC1. The second kappa shape index (κ2) is 5.14. The van der Waals surface area contributed by atoms with Crippen LogP contribution in [0.4, 0.5) is 0 Å². The van der Waals surface area contributed by atoms with Gasteiger partial charge >= 0.3 is 5.97 Å². The van der Waals surface area contributed by atoms with Crippen LogP contribution in [0, 0.1) is 0 Å². The fourth-order valence-corrected chi connectivity index (χ4v) is 1.56. The van der Waals surface area contributed by atoms with Crippen LogP contribution < -0.4 is 5.48 Å². The number of hydrogen-bond donors (Lipinski definition) is 1. The van der Waals surface area contributed by atoms with Crippen molar-refractivity contribution in [2.45, 2.75) is 25.3 Å². The lowest BCUT2D eigenvalue weighted by atomic mass is 10.1. The molecule has 0 atom stereocenters. The Hall–Kier alpha value is -1.07. The average Bonchev–Trinajstić information content (AvgIpc) is 2.81. The quantitative estimate of drug-likeness (QED) is 0.692. The van der Waals surface area contributed by atoms with Gasteiger partial charge in [-0.05, 0) is 12.8 Å². The molecule has 15 heavy (non-hydrogen) atoms. The number of rotatable bonds is 3. The molecule has 0 saturated carbocycles. The normalized spacial score (nSPS) is 22.0. The average molecular weight is 213 g/mol. The lowest BCUT2D eigenvalue weighted by Gasteiger charge is -2.22. The van der Waals surface area contributed by atoms with Gasteiger partial charge in [-0.1, -0.05) is 0 Å². The molecule has 84 valence electrons. The van der Waals surface area contributed by atoms with E-state index in [0.29, 0.717) is 18.6 Å². The van der Waals surface area contributed by atoms with Gasteiger partial charge in [0.15, 0.2) is 0 Å². The van der Waals surface area contributed by atoms with Gasteiger partial charge in [0.25, 0.3) is 0 Å². The second-order valence-corrected chi connectivity index (χ2v) is 3.66. The highest BCUT2D eigenvalue weighted by Gasteiger charge is 2.19. The predicted octanol–water partition coefficient (Wildman–Crippen LogP) is 0.517. The maximum absolute atomic E-state index is 11.4. The Morgan fingerprint density at radius 3 is 2.87 bits per heavy atom. The summed E-state index contributed by atoms with van der Waals surface area (Å²) in [5.74, 6) is -0.334. The fraction of sp³-hybridized carbons (Fsp3) is 0.700. The first kappa shape index (κ1) is 10.4. The maximum atomic E-state index is 11.4. The summed E-state index contributed by atoms with van der Waals surface area (Å²) in [5, 5.41) is 0. The van der Waals surface area contributed by atoms with Crippen LogP contribution in [-0.4, -0.2) is 31.8 Å². The van der Waals surface area contributed by atoms with Gasteiger partial charge in [-0.15, -0.1) is 5.48 Å². The highest BCUT2D eigenvalue weighted by Crippen LogP contribution is 2.12. The first-order valence-corrected chi connectivity index (χ1v) is 5.21. The van der Waals surface area contributed by atoms with Crippen LogP contribution >= 0.6 is 0 Å². The van der Waals surface area contributed by atoms with Crippen LogP contribution in [0.25, 0.3) is 0 Å². The third kappa shape index (κ3) is 2.94. The molecular formula is C10H15NO4. The van der Waals surface area contributed by atoms with Crippen molar-refractivity contribution >= 4 is 5.97 Å². The van der Waals surface area contributed by atoms with Gasteiger partial charge in [0.05, 0.1) is 18.4 Å². The zero-order chi connectivity index (χ0) is 10.5. The molecule has 5 nitrogen and oxygen atoms in total. The zero-order valence-electron chi connectivity index (χ0n) is 8.53. The van der Waals surface area contributed by atoms with Crippen molar-refractivity contribution in [3.63, 3.8) is 0 Å². The van der Waals surface area contributed by atoms with Crippen LogP contribution in [0.5, 0.6) is 0 Å². The topological polar surface area (TPSA) is 56.8 Å². The van der Waals surface area contributed by atoms with E-state index in [-0.39, 0.29) is 12.0 Å². The minimum atomic E-state index is -0.334. The van der Waals surface area contributed by atoms with Gasteiger partial charge in [-0.2, -0.15) is 0 Å². The molecule has 0 bridgehead atoms. The predicted molar refractivity (Wildman–Crippen MR) is 51.7 cm³/mol. The minimum Gasteiger partial charge on any atom is -0.500 e. The summed E-state index contributed by atoms with van der Waals surface area (Å²) in [5.41, 5.74) is 3.36. The minimum absolute atomic E-state index is 0.214. The monoisotopic (exact) mass is 213 g/mol. The molecule has 2 heterocycles. The summed E-state index contributed by atoms with van der Waals surface area (Å²) in [7, 11) is 0. The smallest absolute Gasteiger partial charge is 0.355 e. The van der Waals surface area contributed by atoms with Crippen LogP contribution in [0.2, 0.25) is 0 Å². The highest BCUT2D eigenvalue weighted by molar-refractivity contribution is 5.88. The lowest BCUT2D eigenvalue weighted by molar-refractivity contribution is -0.149. The van der Waals surface area contributed by atoms with Crippen molar-refractivity contribution in [3.05, 3.63) is 11.8 Å². The zero-order valence-corrected chi connectivity index (χ0v) is 8.53. The molecule has 0 radical (unpaired) electrons. The van der Waals surface area contributed by atoms with E-state index in [1.165, 1.54) is 6.26 Å². The number of carbonyl (C=O) groups is 1. The van der Waals surface area contributed by atoms with Crippen molar-refractivity contribution in [1.29, 1.82) is 0 Å². The molecule has 0 aliphatic carbocycles. The summed E-state index contributed by atoms with van der Waals surface area (Å²) in [6.45, 7) is 2.02. The number of nitrogens with one attached hydrogen (secondary N) is 1. The van der Waals surface area contributed by atoms with Crippen LogP contribution in [0.15, 0.2) is 11.8 Å². The van der Waals surface area contributed by atoms with Gasteiger partial charge in [-0.3, -0.25) is 0 Å². The fourth-order valence-electron chi connectivity index (χ4n) is 1.56. The van der Waals surface area contributed by atoms with Gasteiger partial charge in [-0.25, -0.2) is 4.79 Å².